The third-order valence-electron chi connectivity index (χ3n) is 2.71. The SMILES string of the molecule is Cc1nc(Nc2nc3ccc(Cl)cc3s2)ccc1N. The van der Waals surface area contributed by atoms with E-state index in [0.29, 0.717) is 10.7 Å². The van der Waals surface area contributed by atoms with E-state index in [1.807, 2.05) is 37.3 Å². The third-order valence-corrected chi connectivity index (χ3v) is 3.88. The number of benzene rings is 1. The van der Waals surface area contributed by atoms with Gasteiger partial charge in [0.05, 0.1) is 21.6 Å². The van der Waals surface area contributed by atoms with Crippen LogP contribution in [-0.2, 0) is 0 Å². The largest absolute Gasteiger partial charge is 0.397 e. The lowest BCUT2D eigenvalue weighted by molar-refractivity contribution is 1.20. The molecule has 0 radical (unpaired) electrons. The minimum atomic E-state index is 0.682. The Kier molecular flexibility index (Phi) is 3.00. The van der Waals surface area contributed by atoms with Gasteiger partial charge in [0, 0.05) is 5.02 Å². The van der Waals surface area contributed by atoms with Crippen LogP contribution in [0.3, 0.4) is 0 Å². The Balaban J connectivity index is 1.94. The molecule has 4 nitrogen and oxygen atoms in total. The molecule has 2 heterocycles. The number of rotatable bonds is 2. The van der Waals surface area contributed by atoms with Crippen LogP contribution in [0.5, 0.6) is 0 Å². The number of halogens is 1. The number of aromatic nitrogens is 2. The van der Waals surface area contributed by atoms with Crippen molar-refractivity contribution in [3.63, 3.8) is 0 Å². The molecule has 3 rings (SSSR count). The first-order chi connectivity index (χ1) is 9.11. The minimum Gasteiger partial charge on any atom is -0.397 e. The maximum absolute atomic E-state index is 5.96. The maximum atomic E-state index is 5.96. The average Bonchev–Trinajstić information content (AvgIpc) is 2.75. The van der Waals surface area contributed by atoms with E-state index in [1.54, 1.807) is 0 Å². The van der Waals surface area contributed by atoms with Crippen molar-refractivity contribution in [2.24, 2.45) is 0 Å². The van der Waals surface area contributed by atoms with Crippen LogP contribution in [-0.4, -0.2) is 9.97 Å². The van der Waals surface area contributed by atoms with Crippen LogP contribution >= 0.6 is 22.9 Å². The summed E-state index contributed by atoms with van der Waals surface area (Å²) in [5.74, 6) is 0.733. The number of hydrogen-bond donors (Lipinski definition) is 2. The molecule has 0 amide bonds. The molecule has 0 aliphatic heterocycles. The molecule has 0 atom stereocenters. The Bertz CT molecular complexity index is 753. The van der Waals surface area contributed by atoms with Crippen LogP contribution in [0.4, 0.5) is 16.6 Å². The number of anilines is 3. The smallest absolute Gasteiger partial charge is 0.189 e. The highest BCUT2D eigenvalue weighted by atomic mass is 35.5. The molecule has 1 aromatic carbocycles. The summed E-state index contributed by atoms with van der Waals surface area (Å²) < 4.78 is 1.04. The van der Waals surface area contributed by atoms with Crippen molar-refractivity contribution in [1.82, 2.24) is 9.97 Å². The number of hydrogen-bond acceptors (Lipinski definition) is 5. The number of fused-ring (bicyclic) bond motifs is 1. The fourth-order valence-corrected chi connectivity index (χ4v) is 2.85. The molecule has 96 valence electrons. The van der Waals surface area contributed by atoms with Crippen molar-refractivity contribution >= 4 is 49.8 Å². The molecule has 0 aliphatic carbocycles. The third kappa shape index (κ3) is 2.47. The Labute approximate surface area is 119 Å². The summed E-state index contributed by atoms with van der Waals surface area (Å²) in [5, 5.41) is 4.68. The number of nitrogens with one attached hydrogen (secondary N) is 1. The fraction of sp³-hybridized carbons (Fsp3) is 0.0769. The van der Waals surface area contributed by atoms with Gasteiger partial charge in [-0.1, -0.05) is 22.9 Å². The van der Waals surface area contributed by atoms with Crippen molar-refractivity contribution in [2.45, 2.75) is 6.92 Å². The lowest BCUT2D eigenvalue weighted by Gasteiger charge is -2.04. The van der Waals surface area contributed by atoms with E-state index in [9.17, 15) is 0 Å². The fourth-order valence-electron chi connectivity index (χ4n) is 1.70. The molecule has 3 N–H and O–H groups in total. The first kappa shape index (κ1) is 12.2. The molecular weight excluding hydrogens is 280 g/mol. The molecule has 0 fully saturated rings. The topological polar surface area (TPSA) is 63.8 Å². The summed E-state index contributed by atoms with van der Waals surface area (Å²) in [4.78, 5) is 8.84. The molecule has 0 bridgehead atoms. The summed E-state index contributed by atoms with van der Waals surface area (Å²) in [6, 6.07) is 9.30. The summed E-state index contributed by atoms with van der Waals surface area (Å²) in [6.07, 6.45) is 0. The first-order valence-electron chi connectivity index (χ1n) is 5.68. The second-order valence-corrected chi connectivity index (χ2v) is 5.59. The zero-order valence-electron chi connectivity index (χ0n) is 10.1. The van der Waals surface area contributed by atoms with Crippen LogP contribution in [0.15, 0.2) is 30.3 Å². The van der Waals surface area contributed by atoms with Crippen molar-refractivity contribution in [1.29, 1.82) is 0 Å². The quantitative estimate of drug-likeness (QED) is 0.749. The highest BCUT2D eigenvalue weighted by Crippen LogP contribution is 2.30. The Morgan fingerprint density at radius 2 is 2.05 bits per heavy atom. The van der Waals surface area contributed by atoms with E-state index in [-0.39, 0.29) is 0 Å². The van der Waals surface area contributed by atoms with Gasteiger partial charge in [-0.05, 0) is 37.3 Å². The minimum absolute atomic E-state index is 0.682. The molecule has 0 saturated carbocycles. The van der Waals surface area contributed by atoms with Crippen molar-refractivity contribution in [3.8, 4) is 0 Å². The van der Waals surface area contributed by atoms with Gasteiger partial charge in [0.15, 0.2) is 5.13 Å². The normalized spacial score (nSPS) is 10.8. The highest BCUT2D eigenvalue weighted by Gasteiger charge is 2.06. The summed E-state index contributed by atoms with van der Waals surface area (Å²) in [6.45, 7) is 1.87. The van der Waals surface area contributed by atoms with E-state index >= 15 is 0 Å². The van der Waals surface area contributed by atoms with Crippen molar-refractivity contribution in [3.05, 3.63) is 41.0 Å². The Morgan fingerprint density at radius 3 is 2.84 bits per heavy atom. The van der Waals surface area contributed by atoms with E-state index < -0.39 is 0 Å². The zero-order chi connectivity index (χ0) is 13.4. The average molecular weight is 291 g/mol. The number of nitrogens with zero attached hydrogens (tertiary/aromatic N) is 2. The van der Waals surface area contributed by atoms with Crippen LogP contribution < -0.4 is 11.1 Å². The predicted octanol–water partition coefficient (Wildman–Crippen LogP) is 3.98. The highest BCUT2D eigenvalue weighted by molar-refractivity contribution is 7.22. The van der Waals surface area contributed by atoms with Gasteiger partial charge >= 0.3 is 0 Å². The van der Waals surface area contributed by atoms with Gasteiger partial charge in [0.25, 0.3) is 0 Å². The van der Waals surface area contributed by atoms with Gasteiger partial charge in [-0.2, -0.15) is 0 Å². The number of thiazole rings is 1. The van der Waals surface area contributed by atoms with Gasteiger partial charge in [0.1, 0.15) is 5.82 Å². The van der Waals surface area contributed by atoms with Crippen molar-refractivity contribution in [2.75, 3.05) is 11.1 Å². The summed E-state index contributed by atoms with van der Waals surface area (Å²) >= 11 is 7.50. The van der Waals surface area contributed by atoms with Gasteiger partial charge in [-0.25, -0.2) is 9.97 Å². The lowest BCUT2D eigenvalue weighted by atomic mass is 10.3. The Hall–Kier alpha value is -1.85. The molecule has 0 aliphatic rings. The Morgan fingerprint density at radius 1 is 1.21 bits per heavy atom. The molecule has 2 aromatic heterocycles. The number of aryl methyl sites for hydroxylation is 1. The predicted molar refractivity (Wildman–Crippen MR) is 81.3 cm³/mol. The van der Waals surface area contributed by atoms with Gasteiger partial charge in [-0.3, -0.25) is 0 Å². The van der Waals surface area contributed by atoms with E-state index in [2.05, 4.69) is 15.3 Å². The second-order valence-electron chi connectivity index (χ2n) is 4.13. The molecule has 0 saturated heterocycles. The molecule has 0 spiro atoms. The first-order valence-corrected chi connectivity index (χ1v) is 6.87. The van der Waals surface area contributed by atoms with Crippen LogP contribution in [0.1, 0.15) is 5.69 Å². The standard InChI is InChI=1S/C13H11ClN4S/c1-7-9(15)3-5-12(16-7)18-13-17-10-4-2-8(14)6-11(10)19-13/h2-6H,15H2,1H3,(H,16,17,18). The summed E-state index contributed by atoms with van der Waals surface area (Å²) in [5.41, 5.74) is 8.14. The maximum Gasteiger partial charge on any atom is 0.189 e. The molecular formula is C13H11ClN4S. The van der Waals surface area contributed by atoms with Crippen molar-refractivity contribution < 1.29 is 0 Å². The second kappa shape index (κ2) is 4.68. The zero-order valence-corrected chi connectivity index (χ0v) is 11.7. The number of nitrogen functional groups attached to an aromatic ring is 1. The van der Waals surface area contributed by atoms with E-state index in [1.165, 1.54) is 11.3 Å². The number of pyridine rings is 1. The molecule has 3 aromatic rings. The monoisotopic (exact) mass is 290 g/mol. The summed E-state index contributed by atoms with van der Waals surface area (Å²) in [7, 11) is 0. The molecule has 6 heteroatoms. The van der Waals surface area contributed by atoms with Gasteiger partial charge in [-0.15, -0.1) is 0 Å². The van der Waals surface area contributed by atoms with Gasteiger partial charge < -0.3 is 11.1 Å². The number of nitrogens with two attached hydrogens (primary N) is 1. The van der Waals surface area contributed by atoms with E-state index in [4.69, 9.17) is 17.3 Å². The van der Waals surface area contributed by atoms with Crippen LogP contribution in [0.25, 0.3) is 10.2 Å². The molecule has 19 heavy (non-hydrogen) atoms. The lowest BCUT2D eigenvalue weighted by Crippen LogP contribution is -1.97. The van der Waals surface area contributed by atoms with Gasteiger partial charge in [0.2, 0.25) is 0 Å². The van der Waals surface area contributed by atoms with Crippen LogP contribution in [0.2, 0.25) is 5.02 Å². The van der Waals surface area contributed by atoms with Crippen LogP contribution in [0, 0.1) is 6.92 Å². The van der Waals surface area contributed by atoms with E-state index in [0.717, 1.165) is 26.9 Å². The molecule has 0 unspecified atom stereocenters.